The molecule has 1 saturated heterocycles. The average molecular weight is 265 g/mol. The van der Waals surface area contributed by atoms with Gasteiger partial charge in [-0.3, -0.25) is 9.69 Å². The van der Waals surface area contributed by atoms with Crippen LogP contribution in [0.25, 0.3) is 0 Å². The minimum atomic E-state index is 0.107. The number of carbonyl (C=O) groups is 1. The molecule has 1 aliphatic heterocycles. The lowest BCUT2D eigenvalue weighted by Gasteiger charge is -2.30. The quantitative estimate of drug-likeness (QED) is 0.789. The van der Waals surface area contributed by atoms with Gasteiger partial charge in [0.05, 0.1) is 0 Å². The third-order valence-corrected chi connectivity index (χ3v) is 3.86. The predicted molar refractivity (Wildman–Crippen MR) is 80.9 cm³/mol. The van der Waals surface area contributed by atoms with Gasteiger partial charge in [-0.05, 0) is 38.1 Å². The first-order valence-corrected chi connectivity index (χ1v) is 7.15. The van der Waals surface area contributed by atoms with E-state index in [1.54, 1.807) is 0 Å². The molecule has 0 unspecified atom stereocenters. The molecule has 3 rings (SSSR count). The molecule has 0 spiro atoms. The van der Waals surface area contributed by atoms with Crippen molar-refractivity contribution in [2.45, 2.75) is 19.9 Å². The summed E-state index contributed by atoms with van der Waals surface area (Å²) >= 11 is 0. The van der Waals surface area contributed by atoms with Crippen molar-refractivity contribution in [2.75, 3.05) is 13.1 Å². The van der Waals surface area contributed by atoms with Crippen molar-refractivity contribution >= 4 is 5.78 Å². The van der Waals surface area contributed by atoms with E-state index >= 15 is 0 Å². The number of hydrogen-bond donors (Lipinski definition) is 0. The van der Waals surface area contributed by atoms with E-state index in [9.17, 15) is 4.79 Å². The van der Waals surface area contributed by atoms with E-state index in [0.717, 1.165) is 17.7 Å². The van der Waals surface area contributed by atoms with E-state index in [1.165, 1.54) is 30.6 Å². The standard InChI is InChI=1S/C18H19NO/c1-14-6-8-16(9-7-14)18(20)17-5-2-4-15(12-17)13-19-10-3-11-19/h2,4-9,12H,3,10-11,13H2,1H3. The smallest absolute Gasteiger partial charge is 0.193 e. The highest BCUT2D eigenvalue weighted by Gasteiger charge is 2.15. The van der Waals surface area contributed by atoms with Crippen LogP contribution in [0, 0.1) is 6.92 Å². The van der Waals surface area contributed by atoms with Crippen LogP contribution in [0.1, 0.15) is 33.5 Å². The third kappa shape index (κ3) is 2.81. The summed E-state index contributed by atoms with van der Waals surface area (Å²) < 4.78 is 0. The highest BCUT2D eigenvalue weighted by atomic mass is 16.1. The summed E-state index contributed by atoms with van der Waals surface area (Å²) in [6.45, 7) is 5.34. The lowest BCUT2D eigenvalue weighted by Crippen LogP contribution is -2.36. The number of benzene rings is 2. The van der Waals surface area contributed by atoms with Crippen LogP contribution in [-0.2, 0) is 6.54 Å². The fraction of sp³-hybridized carbons (Fsp3) is 0.278. The van der Waals surface area contributed by atoms with E-state index < -0.39 is 0 Å². The Hall–Kier alpha value is -1.93. The maximum absolute atomic E-state index is 12.5. The maximum atomic E-state index is 12.5. The molecule has 2 heteroatoms. The third-order valence-electron chi connectivity index (χ3n) is 3.86. The van der Waals surface area contributed by atoms with Gasteiger partial charge in [0, 0.05) is 17.7 Å². The lowest BCUT2D eigenvalue weighted by molar-refractivity contribution is 0.103. The summed E-state index contributed by atoms with van der Waals surface area (Å²) in [4.78, 5) is 14.9. The monoisotopic (exact) mass is 265 g/mol. The molecule has 20 heavy (non-hydrogen) atoms. The molecule has 2 nitrogen and oxygen atoms in total. The molecule has 0 amide bonds. The van der Waals surface area contributed by atoms with Crippen molar-refractivity contribution in [2.24, 2.45) is 0 Å². The van der Waals surface area contributed by atoms with Crippen LogP contribution in [0.5, 0.6) is 0 Å². The van der Waals surface area contributed by atoms with E-state index in [4.69, 9.17) is 0 Å². The van der Waals surface area contributed by atoms with E-state index in [-0.39, 0.29) is 5.78 Å². The van der Waals surface area contributed by atoms with Gasteiger partial charge in [-0.1, -0.05) is 48.0 Å². The molecule has 0 bridgehead atoms. The summed E-state index contributed by atoms with van der Waals surface area (Å²) in [5, 5.41) is 0. The topological polar surface area (TPSA) is 20.3 Å². The largest absolute Gasteiger partial charge is 0.299 e. The molecule has 0 aliphatic carbocycles. The lowest BCUT2D eigenvalue weighted by atomic mass is 10.00. The second kappa shape index (κ2) is 5.59. The zero-order valence-corrected chi connectivity index (χ0v) is 11.8. The summed E-state index contributed by atoms with van der Waals surface area (Å²) in [5.41, 5.74) is 3.94. The van der Waals surface area contributed by atoms with Crippen LogP contribution in [0.2, 0.25) is 0 Å². The molecule has 102 valence electrons. The van der Waals surface area contributed by atoms with E-state index in [1.807, 2.05) is 49.4 Å². The zero-order valence-electron chi connectivity index (χ0n) is 11.8. The Morgan fingerprint density at radius 1 is 1.05 bits per heavy atom. The van der Waals surface area contributed by atoms with Gasteiger partial charge in [-0.15, -0.1) is 0 Å². The molecular formula is C18H19NO. The number of likely N-dealkylation sites (tertiary alicyclic amines) is 1. The van der Waals surface area contributed by atoms with Gasteiger partial charge in [-0.2, -0.15) is 0 Å². The normalized spacial score (nSPS) is 14.8. The fourth-order valence-electron chi connectivity index (χ4n) is 2.48. The Labute approximate surface area is 120 Å². The molecule has 1 fully saturated rings. The van der Waals surface area contributed by atoms with Crippen molar-refractivity contribution in [3.8, 4) is 0 Å². The summed E-state index contributed by atoms with van der Waals surface area (Å²) in [7, 11) is 0. The summed E-state index contributed by atoms with van der Waals surface area (Å²) in [5.74, 6) is 0.107. The maximum Gasteiger partial charge on any atom is 0.193 e. The van der Waals surface area contributed by atoms with Crippen LogP contribution in [0.15, 0.2) is 48.5 Å². The van der Waals surface area contributed by atoms with Crippen molar-refractivity contribution in [1.82, 2.24) is 4.90 Å². The van der Waals surface area contributed by atoms with Crippen LogP contribution in [0.4, 0.5) is 0 Å². The molecule has 1 aliphatic rings. The van der Waals surface area contributed by atoms with Crippen molar-refractivity contribution in [1.29, 1.82) is 0 Å². The Morgan fingerprint density at radius 3 is 2.45 bits per heavy atom. The first kappa shape index (κ1) is 13.1. The number of rotatable bonds is 4. The molecule has 2 aromatic carbocycles. The highest BCUT2D eigenvalue weighted by molar-refractivity contribution is 6.09. The predicted octanol–water partition coefficient (Wildman–Crippen LogP) is 3.43. The minimum absolute atomic E-state index is 0.107. The van der Waals surface area contributed by atoms with E-state index in [0.29, 0.717) is 0 Å². The SMILES string of the molecule is Cc1ccc(C(=O)c2cccc(CN3CCC3)c2)cc1. The summed E-state index contributed by atoms with van der Waals surface area (Å²) in [6.07, 6.45) is 1.29. The van der Waals surface area contributed by atoms with Crippen LogP contribution >= 0.6 is 0 Å². The molecular weight excluding hydrogens is 246 g/mol. The Morgan fingerprint density at radius 2 is 1.80 bits per heavy atom. The second-order valence-corrected chi connectivity index (χ2v) is 5.53. The number of carbonyl (C=O) groups excluding carboxylic acids is 1. The molecule has 0 aromatic heterocycles. The number of ketones is 1. The van der Waals surface area contributed by atoms with Crippen molar-refractivity contribution in [3.05, 3.63) is 70.8 Å². The van der Waals surface area contributed by atoms with Crippen LogP contribution in [-0.4, -0.2) is 23.8 Å². The molecule has 1 heterocycles. The molecule has 2 aromatic rings. The fourth-order valence-corrected chi connectivity index (χ4v) is 2.48. The zero-order chi connectivity index (χ0) is 13.9. The second-order valence-electron chi connectivity index (χ2n) is 5.53. The Bertz CT molecular complexity index is 612. The van der Waals surface area contributed by atoms with Gasteiger partial charge >= 0.3 is 0 Å². The summed E-state index contributed by atoms with van der Waals surface area (Å²) in [6, 6.07) is 15.8. The van der Waals surface area contributed by atoms with Gasteiger partial charge in [0.15, 0.2) is 5.78 Å². The minimum Gasteiger partial charge on any atom is -0.299 e. The van der Waals surface area contributed by atoms with Gasteiger partial charge < -0.3 is 0 Å². The average Bonchev–Trinajstić information content (AvgIpc) is 2.43. The molecule has 0 radical (unpaired) electrons. The first-order valence-electron chi connectivity index (χ1n) is 7.15. The van der Waals surface area contributed by atoms with Gasteiger partial charge in [0.2, 0.25) is 0 Å². The van der Waals surface area contributed by atoms with Crippen molar-refractivity contribution < 1.29 is 4.79 Å². The van der Waals surface area contributed by atoms with E-state index in [2.05, 4.69) is 11.0 Å². The number of aryl methyl sites for hydroxylation is 1. The van der Waals surface area contributed by atoms with Crippen LogP contribution < -0.4 is 0 Å². The molecule has 0 atom stereocenters. The molecule has 0 saturated carbocycles. The van der Waals surface area contributed by atoms with Gasteiger partial charge in [0.25, 0.3) is 0 Å². The van der Waals surface area contributed by atoms with Crippen molar-refractivity contribution in [3.63, 3.8) is 0 Å². The Kier molecular flexibility index (Phi) is 3.66. The van der Waals surface area contributed by atoms with Gasteiger partial charge in [0.1, 0.15) is 0 Å². The van der Waals surface area contributed by atoms with Gasteiger partial charge in [-0.25, -0.2) is 0 Å². The number of hydrogen-bond acceptors (Lipinski definition) is 2. The number of nitrogens with zero attached hydrogens (tertiary/aromatic N) is 1. The first-order chi connectivity index (χ1) is 9.72. The Balaban J connectivity index is 1.80. The van der Waals surface area contributed by atoms with Crippen LogP contribution in [0.3, 0.4) is 0 Å². The molecule has 0 N–H and O–H groups in total. The highest BCUT2D eigenvalue weighted by Crippen LogP contribution is 2.16.